The molecule has 0 aliphatic carbocycles. The summed E-state index contributed by atoms with van der Waals surface area (Å²) in [6.07, 6.45) is 0.603. The highest BCUT2D eigenvalue weighted by molar-refractivity contribution is 5.89. The molecule has 1 atom stereocenters. The summed E-state index contributed by atoms with van der Waals surface area (Å²) in [5.41, 5.74) is 2.86. The number of amides is 1. The summed E-state index contributed by atoms with van der Waals surface area (Å²) in [5, 5.41) is 12.2. The first-order chi connectivity index (χ1) is 13.0. The van der Waals surface area contributed by atoms with E-state index in [0.29, 0.717) is 12.0 Å². The van der Waals surface area contributed by atoms with E-state index in [4.69, 9.17) is 0 Å². The van der Waals surface area contributed by atoms with Crippen LogP contribution in [0.5, 0.6) is 0 Å². The molecule has 0 fully saturated rings. The molecule has 1 unspecified atom stereocenters. The second kappa shape index (κ2) is 8.03. The van der Waals surface area contributed by atoms with Crippen LogP contribution in [0.3, 0.4) is 0 Å². The predicted octanol–water partition coefficient (Wildman–Crippen LogP) is 3.56. The molecule has 2 N–H and O–H groups in total. The molecule has 0 radical (unpaired) electrons. The van der Waals surface area contributed by atoms with Gasteiger partial charge in [0, 0.05) is 13.0 Å². The van der Waals surface area contributed by atoms with Crippen molar-refractivity contribution in [2.75, 3.05) is 0 Å². The minimum absolute atomic E-state index is 0.127. The van der Waals surface area contributed by atoms with Crippen molar-refractivity contribution in [1.82, 2.24) is 14.9 Å². The summed E-state index contributed by atoms with van der Waals surface area (Å²) < 4.78 is 2.10. The number of imidazole rings is 1. The minimum atomic E-state index is -0.976. The molecule has 6 heteroatoms. The Morgan fingerprint density at radius 3 is 2.59 bits per heavy atom. The lowest BCUT2D eigenvalue weighted by molar-refractivity contribution is -0.121. The van der Waals surface area contributed by atoms with Crippen molar-refractivity contribution in [2.45, 2.75) is 39.3 Å². The van der Waals surface area contributed by atoms with E-state index >= 15 is 0 Å². The molecule has 0 aliphatic rings. The number of carboxylic acid groups (broad SMARTS) is 1. The third-order valence-electron chi connectivity index (χ3n) is 4.63. The highest BCUT2D eigenvalue weighted by atomic mass is 16.4. The largest absolute Gasteiger partial charge is 0.478 e. The van der Waals surface area contributed by atoms with Gasteiger partial charge in [0.1, 0.15) is 5.82 Å². The van der Waals surface area contributed by atoms with E-state index in [2.05, 4.69) is 21.8 Å². The second-order valence-electron chi connectivity index (χ2n) is 6.45. The fraction of sp³-hybridized carbons (Fsp3) is 0.286. The number of aromatic carboxylic acids is 1. The van der Waals surface area contributed by atoms with Crippen molar-refractivity contribution >= 4 is 22.9 Å². The Balaban J connectivity index is 1.69. The zero-order chi connectivity index (χ0) is 19.4. The van der Waals surface area contributed by atoms with E-state index in [9.17, 15) is 14.7 Å². The van der Waals surface area contributed by atoms with Gasteiger partial charge >= 0.3 is 5.97 Å². The molecule has 0 saturated heterocycles. The molecule has 0 bridgehead atoms. The van der Waals surface area contributed by atoms with E-state index in [-0.39, 0.29) is 23.9 Å². The first kappa shape index (κ1) is 18.6. The van der Waals surface area contributed by atoms with Crippen molar-refractivity contribution in [3.05, 3.63) is 65.5 Å². The van der Waals surface area contributed by atoms with Crippen molar-refractivity contribution in [2.24, 2.45) is 0 Å². The second-order valence-corrected chi connectivity index (χ2v) is 6.45. The molecular formula is C21H23N3O3. The first-order valence-corrected chi connectivity index (χ1v) is 9.07. The highest BCUT2D eigenvalue weighted by Gasteiger charge is 2.18. The summed E-state index contributed by atoms with van der Waals surface area (Å²) in [5.74, 6) is -0.286. The first-order valence-electron chi connectivity index (χ1n) is 9.07. The Kier molecular flexibility index (Phi) is 5.54. The molecule has 3 aromatic rings. The fourth-order valence-electron chi connectivity index (χ4n) is 3.33. The van der Waals surface area contributed by atoms with Crippen LogP contribution in [0.1, 0.15) is 48.1 Å². The molecule has 1 amide bonds. The summed E-state index contributed by atoms with van der Waals surface area (Å²) in [6.45, 7) is 4.73. The van der Waals surface area contributed by atoms with Crippen LogP contribution < -0.4 is 5.32 Å². The Morgan fingerprint density at radius 2 is 1.85 bits per heavy atom. The van der Waals surface area contributed by atoms with Gasteiger partial charge < -0.3 is 15.0 Å². The maximum atomic E-state index is 12.4. The van der Waals surface area contributed by atoms with Crippen LogP contribution >= 0.6 is 0 Å². The SMILES string of the molecule is CCn1c(C(C)NC(=O)CCc2ccccc2C(=O)O)nc2ccccc21. The zero-order valence-electron chi connectivity index (χ0n) is 15.5. The van der Waals surface area contributed by atoms with E-state index in [1.807, 2.05) is 31.2 Å². The van der Waals surface area contributed by atoms with Gasteiger partial charge in [0.2, 0.25) is 5.91 Å². The van der Waals surface area contributed by atoms with Crippen LogP contribution in [0.25, 0.3) is 11.0 Å². The number of rotatable bonds is 7. The Bertz CT molecular complexity index is 978. The zero-order valence-corrected chi connectivity index (χ0v) is 15.5. The topological polar surface area (TPSA) is 84.2 Å². The van der Waals surface area contributed by atoms with Gasteiger partial charge in [-0.25, -0.2) is 9.78 Å². The Hall–Kier alpha value is -3.15. The van der Waals surface area contributed by atoms with Crippen LogP contribution in [0.15, 0.2) is 48.5 Å². The van der Waals surface area contributed by atoms with Crippen molar-refractivity contribution < 1.29 is 14.7 Å². The number of carbonyl (C=O) groups excluding carboxylic acids is 1. The highest BCUT2D eigenvalue weighted by Crippen LogP contribution is 2.21. The van der Waals surface area contributed by atoms with Gasteiger partial charge in [-0.3, -0.25) is 4.79 Å². The summed E-state index contributed by atoms with van der Waals surface area (Å²) in [6, 6.07) is 14.4. The minimum Gasteiger partial charge on any atom is -0.478 e. The average Bonchev–Trinajstić information content (AvgIpc) is 3.05. The van der Waals surface area contributed by atoms with E-state index in [0.717, 1.165) is 23.4 Å². The number of aromatic nitrogens is 2. The number of carbonyl (C=O) groups is 2. The number of carboxylic acids is 1. The number of aryl methyl sites for hydroxylation is 2. The summed E-state index contributed by atoms with van der Waals surface area (Å²) >= 11 is 0. The van der Waals surface area contributed by atoms with Gasteiger partial charge in [-0.2, -0.15) is 0 Å². The predicted molar refractivity (Wildman–Crippen MR) is 104 cm³/mol. The maximum Gasteiger partial charge on any atom is 0.335 e. The van der Waals surface area contributed by atoms with Crippen molar-refractivity contribution in [3.63, 3.8) is 0 Å². The fourth-order valence-corrected chi connectivity index (χ4v) is 3.33. The van der Waals surface area contributed by atoms with Gasteiger partial charge in [0.25, 0.3) is 0 Å². The smallest absolute Gasteiger partial charge is 0.335 e. The molecule has 27 heavy (non-hydrogen) atoms. The number of fused-ring (bicyclic) bond motifs is 1. The van der Waals surface area contributed by atoms with Crippen LogP contribution in [0, 0.1) is 0 Å². The molecule has 0 saturated carbocycles. The number of nitrogens with one attached hydrogen (secondary N) is 1. The average molecular weight is 365 g/mol. The van der Waals surface area contributed by atoms with Gasteiger partial charge in [0.05, 0.1) is 22.6 Å². The molecule has 0 aliphatic heterocycles. The maximum absolute atomic E-state index is 12.4. The molecule has 1 aromatic heterocycles. The van der Waals surface area contributed by atoms with Crippen molar-refractivity contribution in [1.29, 1.82) is 0 Å². The van der Waals surface area contributed by atoms with E-state index < -0.39 is 5.97 Å². The molecule has 1 heterocycles. The molecule has 2 aromatic carbocycles. The standard InChI is InChI=1S/C21H23N3O3/c1-3-24-18-11-7-6-10-17(18)23-20(24)14(2)22-19(25)13-12-15-8-4-5-9-16(15)21(26)27/h4-11,14H,3,12-13H2,1-2H3,(H,22,25)(H,26,27). The third-order valence-corrected chi connectivity index (χ3v) is 4.63. The molecule has 140 valence electrons. The number of para-hydroxylation sites is 2. The van der Waals surface area contributed by atoms with Crippen molar-refractivity contribution in [3.8, 4) is 0 Å². The number of hydrogen-bond acceptors (Lipinski definition) is 3. The molecule has 3 rings (SSSR count). The monoisotopic (exact) mass is 365 g/mol. The Morgan fingerprint density at radius 1 is 1.15 bits per heavy atom. The summed E-state index contributed by atoms with van der Waals surface area (Å²) in [7, 11) is 0. The number of benzene rings is 2. The van der Waals surface area contributed by atoms with Crippen LogP contribution in [-0.4, -0.2) is 26.5 Å². The van der Waals surface area contributed by atoms with Crippen LogP contribution in [-0.2, 0) is 17.8 Å². The molecular weight excluding hydrogens is 342 g/mol. The van der Waals surface area contributed by atoms with Gasteiger partial charge in [0.15, 0.2) is 0 Å². The third kappa shape index (κ3) is 4.00. The van der Waals surface area contributed by atoms with E-state index in [1.165, 1.54) is 0 Å². The lowest BCUT2D eigenvalue weighted by Crippen LogP contribution is -2.29. The number of nitrogens with zero attached hydrogens (tertiary/aromatic N) is 2. The Labute approximate surface area is 157 Å². The van der Waals surface area contributed by atoms with E-state index in [1.54, 1.807) is 24.3 Å². The quantitative estimate of drug-likeness (QED) is 0.670. The van der Waals surface area contributed by atoms with Gasteiger partial charge in [-0.1, -0.05) is 30.3 Å². The summed E-state index contributed by atoms with van der Waals surface area (Å²) in [4.78, 5) is 28.3. The van der Waals surface area contributed by atoms with Gasteiger partial charge in [-0.05, 0) is 44.0 Å². The molecule has 0 spiro atoms. The van der Waals surface area contributed by atoms with Crippen LogP contribution in [0.4, 0.5) is 0 Å². The lowest BCUT2D eigenvalue weighted by Gasteiger charge is -2.15. The van der Waals surface area contributed by atoms with Crippen LogP contribution in [0.2, 0.25) is 0 Å². The molecule has 6 nitrogen and oxygen atoms in total. The number of hydrogen-bond donors (Lipinski definition) is 2. The van der Waals surface area contributed by atoms with Gasteiger partial charge in [-0.15, -0.1) is 0 Å². The normalized spacial score (nSPS) is 12.1. The lowest BCUT2D eigenvalue weighted by atomic mass is 10.0.